The van der Waals surface area contributed by atoms with Gasteiger partial charge in [0.15, 0.2) is 0 Å². The van der Waals surface area contributed by atoms with Gasteiger partial charge >= 0.3 is 5.97 Å². The van der Waals surface area contributed by atoms with Crippen LogP contribution in [0.4, 0.5) is 5.69 Å². The molecule has 2 aromatic rings. The topological polar surface area (TPSA) is 84.2 Å². The first kappa shape index (κ1) is 11.8. The standard InChI is InChI=1S/C12H11N3O3/c16-11(17)7-15-6-10(13-8-15)12(18)14-9-4-2-1-3-5-9/h1-6,8H,7H2,(H,14,18)(H,16,17). The van der Waals surface area contributed by atoms with E-state index in [1.54, 1.807) is 24.3 Å². The molecule has 0 saturated carbocycles. The maximum Gasteiger partial charge on any atom is 0.323 e. The molecule has 0 radical (unpaired) electrons. The summed E-state index contributed by atoms with van der Waals surface area (Å²) < 4.78 is 1.34. The van der Waals surface area contributed by atoms with Crippen molar-refractivity contribution in [1.82, 2.24) is 9.55 Å². The highest BCUT2D eigenvalue weighted by atomic mass is 16.4. The van der Waals surface area contributed by atoms with Crippen LogP contribution in [0, 0.1) is 0 Å². The molecule has 0 aliphatic carbocycles. The summed E-state index contributed by atoms with van der Waals surface area (Å²) in [6, 6.07) is 8.97. The second kappa shape index (κ2) is 5.13. The normalized spacial score (nSPS) is 10.0. The highest BCUT2D eigenvalue weighted by Crippen LogP contribution is 2.07. The highest BCUT2D eigenvalue weighted by Gasteiger charge is 2.10. The average Bonchev–Trinajstić information content (AvgIpc) is 2.78. The lowest BCUT2D eigenvalue weighted by atomic mass is 10.3. The molecular weight excluding hydrogens is 234 g/mol. The van der Waals surface area contributed by atoms with Crippen LogP contribution in [0.3, 0.4) is 0 Å². The zero-order valence-electron chi connectivity index (χ0n) is 9.41. The number of nitrogens with zero attached hydrogens (tertiary/aromatic N) is 2. The summed E-state index contributed by atoms with van der Waals surface area (Å²) in [7, 11) is 0. The number of amides is 1. The molecule has 0 fully saturated rings. The summed E-state index contributed by atoms with van der Waals surface area (Å²) in [5, 5.41) is 11.3. The van der Waals surface area contributed by atoms with Gasteiger partial charge < -0.3 is 15.0 Å². The summed E-state index contributed by atoms with van der Waals surface area (Å²) in [6.45, 7) is -0.217. The van der Waals surface area contributed by atoms with Crippen molar-refractivity contribution in [2.45, 2.75) is 6.54 Å². The summed E-state index contributed by atoms with van der Waals surface area (Å²) in [4.78, 5) is 26.1. The second-order valence-electron chi connectivity index (χ2n) is 3.65. The summed E-state index contributed by atoms with van der Waals surface area (Å²) in [6.07, 6.45) is 2.71. The first-order valence-electron chi connectivity index (χ1n) is 5.25. The van der Waals surface area contributed by atoms with E-state index in [1.807, 2.05) is 6.07 Å². The second-order valence-corrected chi connectivity index (χ2v) is 3.65. The van der Waals surface area contributed by atoms with Crippen molar-refractivity contribution in [1.29, 1.82) is 0 Å². The molecule has 0 bridgehead atoms. The van der Waals surface area contributed by atoms with Crippen LogP contribution in [-0.4, -0.2) is 26.5 Å². The molecule has 6 nitrogen and oxygen atoms in total. The Kier molecular flexibility index (Phi) is 3.38. The first-order valence-corrected chi connectivity index (χ1v) is 5.25. The van der Waals surface area contributed by atoms with Crippen LogP contribution >= 0.6 is 0 Å². The molecule has 18 heavy (non-hydrogen) atoms. The van der Waals surface area contributed by atoms with Crippen LogP contribution in [0.25, 0.3) is 0 Å². The van der Waals surface area contributed by atoms with Gasteiger partial charge in [0.2, 0.25) is 0 Å². The Labute approximate surface area is 103 Å². The van der Waals surface area contributed by atoms with E-state index in [0.717, 1.165) is 0 Å². The Bertz CT molecular complexity index is 563. The monoisotopic (exact) mass is 245 g/mol. The van der Waals surface area contributed by atoms with E-state index in [2.05, 4.69) is 10.3 Å². The van der Waals surface area contributed by atoms with Crippen molar-refractivity contribution in [2.24, 2.45) is 0 Å². The number of aliphatic carboxylic acids is 1. The first-order chi connectivity index (χ1) is 8.65. The predicted molar refractivity (Wildman–Crippen MR) is 64.3 cm³/mol. The number of aromatic nitrogens is 2. The summed E-state index contributed by atoms with van der Waals surface area (Å²) in [5.41, 5.74) is 0.843. The number of rotatable bonds is 4. The molecule has 1 aromatic carbocycles. The van der Waals surface area contributed by atoms with Crippen molar-refractivity contribution >= 4 is 17.6 Å². The summed E-state index contributed by atoms with van der Waals surface area (Å²) in [5.74, 6) is -1.35. The number of hydrogen-bond donors (Lipinski definition) is 2. The van der Waals surface area contributed by atoms with Gasteiger partial charge in [-0.15, -0.1) is 0 Å². The van der Waals surface area contributed by atoms with Crippen molar-refractivity contribution < 1.29 is 14.7 Å². The van der Waals surface area contributed by atoms with E-state index in [1.165, 1.54) is 17.1 Å². The summed E-state index contributed by atoms with van der Waals surface area (Å²) >= 11 is 0. The van der Waals surface area contributed by atoms with Gasteiger partial charge in [0.25, 0.3) is 5.91 Å². The fraction of sp³-hybridized carbons (Fsp3) is 0.0833. The Balaban J connectivity index is 2.05. The number of benzene rings is 1. The minimum atomic E-state index is -0.984. The van der Waals surface area contributed by atoms with E-state index < -0.39 is 5.97 Å². The van der Waals surface area contributed by atoms with Crippen LogP contribution in [-0.2, 0) is 11.3 Å². The minimum absolute atomic E-state index is 0.181. The van der Waals surface area contributed by atoms with Gasteiger partial charge in [-0.2, -0.15) is 0 Å². The lowest BCUT2D eigenvalue weighted by Gasteiger charge is -2.01. The van der Waals surface area contributed by atoms with Gasteiger partial charge in [-0.1, -0.05) is 18.2 Å². The van der Waals surface area contributed by atoms with E-state index in [-0.39, 0.29) is 18.1 Å². The van der Waals surface area contributed by atoms with Gasteiger partial charge in [0.1, 0.15) is 12.2 Å². The molecule has 0 saturated heterocycles. The van der Waals surface area contributed by atoms with E-state index in [9.17, 15) is 9.59 Å². The minimum Gasteiger partial charge on any atom is -0.480 e. The Hall–Kier alpha value is -2.63. The number of hydrogen-bond acceptors (Lipinski definition) is 3. The number of carboxylic acids is 1. The number of imidazole rings is 1. The third-order valence-electron chi connectivity index (χ3n) is 2.22. The van der Waals surface area contributed by atoms with Crippen LogP contribution in [0.2, 0.25) is 0 Å². The third kappa shape index (κ3) is 2.94. The maximum atomic E-state index is 11.8. The molecule has 0 aliphatic rings. The van der Waals surface area contributed by atoms with Gasteiger partial charge in [-0.25, -0.2) is 4.98 Å². The number of carboxylic acid groups (broad SMARTS) is 1. The molecule has 0 unspecified atom stereocenters. The Morgan fingerprint density at radius 2 is 2.00 bits per heavy atom. The van der Waals surface area contributed by atoms with Crippen molar-refractivity contribution in [3.63, 3.8) is 0 Å². The third-order valence-corrected chi connectivity index (χ3v) is 2.22. The van der Waals surface area contributed by atoms with E-state index in [4.69, 9.17) is 5.11 Å². The van der Waals surface area contributed by atoms with E-state index >= 15 is 0 Å². The Morgan fingerprint density at radius 1 is 1.28 bits per heavy atom. The van der Waals surface area contributed by atoms with Crippen molar-refractivity contribution in [3.8, 4) is 0 Å². The number of nitrogens with one attached hydrogen (secondary N) is 1. The zero-order valence-corrected chi connectivity index (χ0v) is 9.41. The number of carbonyl (C=O) groups is 2. The van der Waals surface area contributed by atoms with E-state index in [0.29, 0.717) is 5.69 Å². The molecular formula is C12H11N3O3. The maximum absolute atomic E-state index is 11.8. The smallest absolute Gasteiger partial charge is 0.323 e. The van der Waals surface area contributed by atoms with Crippen LogP contribution in [0.15, 0.2) is 42.9 Å². The van der Waals surface area contributed by atoms with Crippen LogP contribution < -0.4 is 5.32 Å². The number of para-hydroxylation sites is 1. The quantitative estimate of drug-likeness (QED) is 0.848. The largest absolute Gasteiger partial charge is 0.480 e. The molecule has 0 atom stereocenters. The van der Waals surface area contributed by atoms with Gasteiger partial charge in [-0.05, 0) is 12.1 Å². The highest BCUT2D eigenvalue weighted by molar-refractivity contribution is 6.02. The molecule has 0 spiro atoms. The number of anilines is 1. The number of carbonyl (C=O) groups excluding carboxylic acids is 1. The molecule has 0 aliphatic heterocycles. The lowest BCUT2D eigenvalue weighted by molar-refractivity contribution is -0.137. The lowest BCUT2D eigenvalue weighted by Crippen LogP contribution is -2.12. The zero-order chi connectivity index (χ0) is 13.0. The predicted octanol–water partition coefficient (Wildman–Crippen LogP) is 1.22. The average molecular weight is 245 g/mol. The fourth-order valence-corrected chi connectivity index (χ4v) is 1.44. The van der Waals surface area contributed by atoms with Crippen LogP contribution in [0.1, 0.15) is 10.5 Å². The molecule has 1 amide bonds. The molecule has 2 rings (SSSR count). The molecule has 1 aromatic heterocycles. The van der Waals surface area contributed by atoms with Gasteiger partial charge in [-0.3, -0.25) is 9.59 Å². The Morgan fingerprint density at radius 3 is 2.67 bits per heavy atom. The molecule has 2 N–H and O–H groups in total. The van der Waals surface area contributed by atoms with Gasteiger partial charge in [0, 0.05) is 11.9 Å². The van der Waals surface area contributed by atoms with Gasteiger partial charge in [0.05, 0.1) is 6.33 Å². The van der Waals surface area contributed by atoms with Crippen LogP contribution in [0.5, 0.6) is 0 Å². The van der Waals surface area contributed by atoms with Crippen molar-refractivity contribution in [3.05, 3.63) is 48.5 Å². The molecule has 6 heteroatoms. The van der Waals surface area contributed by atoms with Crippen molar-refractivity contribution in [2.75, 3.05) is 5.32 Å². The molecule has 92 valence electrons. The molecule has 1 heterocycles. The SMILES string of the molecule is O=C(O)Cn1cnc(C(=O)Nc2ccccc2)c1. The fourth-order valence-electron chi connectivity index (χ4n) is 1.44.